The van der Waals surface area contributed by atoms with Crippen LogP contribution in [0.25, 0.3) is 95.0 Å². The Labute approximate surface area is 336 Å². The highest BCUT2D eigenvalue weighted by Gasteiger charge is 2.20. The van der Waals surface area contributed by atoms with Crippen LogP contribution >= 0.6 is 0 Å². The van der Waals surface area contributed by atoms with Gasteiger partial charge in [-0.3, -0.25) is 0 Å². The van der Waals surface area contributed by atoms with Gasteiger partial charge in [0.15, 0.2) is 17.5 Å². The van der Waals surface area contributed by atoms with E-state index in [0.717, 1.165) is 26.8 Å². The maximum Gasteiger partial charge on any atom is 0.164 e. The summed E-state index contributed by atoms with van der Waals surface area (Å²) in [6.07, 6.45) is 0. The van der Waals surface area contributed by atoms with E-state index in [0.29, 0.717) is 28.3 Å². The van der Waals surface area contributed by atoms with E-state index in [-0.39, 0.29) is 38.8 Å². The standard InChI is InChI=1S/C51H34N4/c1-4-15-35(16-5-1)36-27-29-37(30-28-36)38-31-33-40(34-32-38)50-52-49(39-17-6-2-7-18-39)53-51(54-50)46-23-11-10-21-42(46)44-24-14-25-45-43-22-12-13-26-47(43)55(48(44)45)41-19-8-3-9-20-41/h1-34H/i3D,8D,9D,12D,13D,14D,19D,20D,22D,24D,25D,26D. The van der Waals surface area contributed by atoms with Crippen LogP contribution in [-0.4, -0.2) is 19.5 Å². The van der Waals surface area contributed by atoms with Crippen LogP contribution in [0.1, 0.15) is 16.4 Å². The number of hydrogen-bond acceptors (Lipinski definition) is 3. The molecule has 0 fully saturated rings. The van der Waals surface area contributed by atoms with Crippen LogP contribution in [0.2, 0.25) is 0 Å². The first kappa shape index (κ1) is 21.9. The highest BCUT2D eigenvalue weighted by atomic mass is 15.0. The minimum Gasteiger partial charge on any atom is -0.309 e. The van der Waals surface area contributed by atoms with Crippen molar-refractivity contribution < 1.29 is 16.4 Å². The zero-order chi connectivity index (χ0) is 47.0. The summed E-state index contributed by atoms with van der Waals surface area (Å²) in [6, 6.07) is 34.8. The zero-order valence-electron chi connectivity index (χ0n) is 41.0. The number of fused-ring (bicyclic) bond motifs is 3. The molecule has 258 valence electrons. The molecule has 8 aromatic carbocycles. The van der Waals surface area contributed by atoms with Gasteiger partial charge in [0.1, 0.15) is 0 Å². The van der Waals surface area contributed by atoms with Crippen molar-refractivity contribution in [3.63, 3.8) is 0 Å². The van der Waals surface area contributed by atoms with Gasteiger partial charge in [-0.15, -0.1) is 0 Å². The lowest BCUT2D eigenvalue weighted by atomic mass is 9.96. The Morgan fingerprint density at radius 3 is 1.47 bits per heavy atom. The van der Waals surface area contributed by atoms with E-state index in [1.165, 1.54) is 0 Å². The molecule has 0 saturated carbocycles. The molecule has 0 radical (unpaired) electrons. The van der Waals surface area contributed by atoms with E-state index in [1.54, 1.807) is 24.3 Å². The average molecular weight is 715 g/mol. The topological polar surface area (TPSA) is 43.6 Å². The van der Waals surface area contributed by atoms with Crippen LogP contribution in [0, 0.1) is 0 Å². The summed E-state index contributed by atoms with van der Waals surface area (Å²) in [6.45, 7) is 0. The first-order valence-electron chi connectivity index (χ1n) is 23.6. The predicted molar refractivity (Wildman–Crippen MR) is 227 cm³/mol. The second-order valence-corrected chi connectivity index (χ2v) is 12.7. The van der Waals surface area contributed by atoms with E-state index in [1.807, 2.05) is 72.8 Å². The molecule has 0 atom stereocenters. The van der Waals surface area contributed by atoms with Crippen molar-refractivity contribution in [2.75, 3.05) is 0 Å². The van der Waals surface area contributed by atoms with Crippen molar-refractivity contribution in [2.45, 2.75) is 0 Å². The highest BCUT2D eigenvalue weighted by molar-refractivity contribution is 6.14. The van der Waals surface area contributed by atoms with Gasteiger partial charge in [0, 0.05) is 38.7 Å². The van der Waals surface area contributed by atoms with Crippen LogP contribution in [0.4, 0.5) is 0 Å². The summed E-state index contributed by atoms with van der Waals surface area (Å²) in [4.78, 5) is 14.9. The Morgan fingerprint density at radius 2 is 0.818 bits per heavy atom. The minimum absolute atomic E-state index is 0.0580. The molecule has 0 saturated heterocycles. The van der Waals surface area contributed by atoms with Crippen molar-refractivity contribution in [1.29, 1.82) is 0 Å². The number of para-hydroxylation sites is 3. The first-order valence-corrected chi connectivity index (χ1v) is 17.6. The Hall–Kier alpha value is -7.43. The maximum atomic E-state index is 9.53. The van der Waals surface area contributed by atoms with Gasteiger partial charge in [0.05, 0.1) is 27.5 Å². The summed E-state index contributed by atoms with van der Waals surface area (Å²) in [5.41, 5.74) is 5.18. The van der Waals surface area contributed by atoms with Gasteiger partial charge >= 0.3 is 0 Å². The Bertz CT molecular complexity index is 3610. The summed E-state index contributed by atoms with van der Waals surface area (Å²) in [5, 5.41) is -0.384. The molecule has 4 nitrogen and oxygen atoms in total. The van der Waals surface area contributed by atoms with Gasteiger partial charge in [-0.1, -0.05) is 188 Å². The lowest BCUT2D eigenvalue weighted by Crippen LogP contribution is -2.01. The van der Waals surface area contributed by atoms with Crippen LogP contribution in [0.15, 0.2) is 206 Å². The molecule has 0 amide bonds. The molecule has 0 aliphatic rings. The molecule has 4 heteroatoms. The molecular weight excluding hydrogens is 669 g/mol. The van der Waals surface area contributed by atoms with E-state index >= 15 is 0 Å². The predicted octanol–water partition coefficient (Wildman–Crippen LogP) is 13.0. The summed E-state index contributed by atoms with van der Waals surface area (Å²) < 4.78 is 108. The Kier molecular flexibility index (Phi) is 5.52. The first-order chi connectivity index (χ1) is 32.3. The number of nitrogens with zero attached hydrogens (tertiary/aromatic N) is 4. The fraction of sp³-hybridized carbons (Fsp3) is 0. The molecule has 2 heterocycles. The largest absolute Gasteiger partial charge is 0.309 e. The van der Waals surface area contributed by atoms with Crippen LogP contribution in [-0.2, 0) is 0 Å². The molecule has 0 aliphatic heterocycles. The molecule has 0 bridgehead atoms. The van der Waals surface area contributed by atoms with Crippen molar-refractivity contribution in [1.82, 2.24) is 19.5 Å². The van der Waals surface area contributed by atoms with Crippen LogP contribution in [0.3, 0.4) is 0 Å². The van der Waals surface area contributed by atoms with Gasteiger partial charge in [0.25, 0.3) is 0 Å². The fourth-order valence-electron chi connectivity index (χ4n) is 6.88. The van der Waals surface area contributed by atoms with E-state index in [2.05, 4.69) is 36.4 Å². The van der Waals surface area contributed by atoms with Crippen LogP contribution < -0.4 is 0 Å². The summed E-state index contributed by atoms with van der Waals surface area (Å²) in [5.74, 6) is 0.802. The van der Waals surface area contributed by atoms with E-state index in [9.17, 15) is 2.74 Å². The quantitative estimate of drug-likeness (QED) is 0.165. The monoisotopic (exact) mass is 714 g/mol. The van der Waals surface area contributed by atoms with Crippen molar-refractivity contribution in [3.05, 3.63) is 206 Å². The van der Waals surface area contributed by atoms with Gasteiger partial charge in [0.2, 0.25) is 0 Å². The second-order valence-electron chi connectivity index (χ2n) is 12.7. The minimum atomic E-state index is -0.705. The summed E-state index contributed by atoms with van der Waals surface area (Å²) >= 11 is 0. The maximum absolute atomic E-state index is 9.53. The van der Waals surface area contributed by atoms with E-state index in [4.69, 9.17) is 28.7 Å². The molecule has 10 rings (SSSR count). The molecule has 55 heavy (non-hydrogen) atoms. The molecule has 0 aliphatic carbocycles. The van der Waals surface area contributed by atoms with Gasteiger partial charge < -0.3 is 4.57 Å². The number of rotatable bonds is 7. The van der Waals surface area contributed by atoms with Crippen LogP contribution in [0.5, 0.6) is 0 Å². The number of aromatic nitrogens is 4. The van der Waals surface area contributed by atoms with Gasteiger partial charge in [-0.05, 0) is 45.9 Å². The van der Waals surface area contributed by atoms with Crippen molar-refractivity contribution >= 4 is 21.8 Å². The van der Waals surface area contributed by atoms with Crippen molar-refractivity contribution in [3.8, 4) is 73.2 Å². The number of benzene rings is 8. The summed E-state index contributed by atoms with van der Waals surface area (Å²) in [7, 11) is 0. The molecule has 10 aromatic rings. The third-order valence-electron chi connectivity index (χ3n) is 9.50. The molecule has 2 aromatic heterocycles. The molecule has 0 unspecified atom stereocenters. The lowest BCUT2D eigenvalue weighted by Gasteiger charge is -2.15. The third-order valence-corrected chi connectivity index (χ3v) is 9.50. The number of hydrogen-bond donors (Lipinski definition) is 0. The van der Waals surface area contributed by atoms with E-state index < -0.39 is 78.2 Å². The zero-order valence-corrected chi connectivity index (χ0v) is 29.0. The van der Waals surface area contributed by atoms with Gasteiger partial charge in [-0.25, -0.2) is 15.0 Å². The third kappa shape index (κ3) is 5.96. The Morgan fingerprint density at radius 1 is 0.345 bits per heavy atom. The van der Waals surface area contributed by atoms with Crippen molar-refractivity contribution in [2.24, 2.45) is 0 Å². The highest BCUT2D eigenvalue weighted by Crippen LogP contribution is 2.41. The lowest BCUT2D eigenvalue weighted by molar-refractivity contribution is 1.07. The molecule has 0 N–H and O–H groups in total. The fourth-order valence-corrected chi connectivity index (χ4v) is 6.88. The Balaban J connectivity index is 1.23. The normalized spacial score (nSPS) is 14.3. The second kappa shape index (κ2) is 13.8. The molecule has 0 spiro atoms. The SMILES string of the molecule is [2H]c1c([2H])c([2H])c(-n2c3c([2H])c([2H])c([2H])c([2H])c3c3c([2H])c([2H])c([2H])c(-c4ccccc4-c4nc(-c5ccccc5)nc(-c5ccc(-c6ccc(-c7ccccc7)cc6)cc5)n4)c32)c([2H])c1[2H]. The van der Waals surface area contributed by atoms with Gasteiger partial charge in [-0.2, -0.15) is 0 Å². The molecular formula is C51H34N4. The smallest absolute Gasteiger partial charge is 0.164 e. The average Bonchev–Trinajstić information content (AvgIpc) is 3.71.